The van der Waals surface area contributed by atoms with Crippen molar-refractivity contribution >= 4 is 0 Å². The van der Waals surface area contributed by atoms with Crippen LogP contribution in [0.2, 0.25) is 0 Å². The van der Waals surface area contributed by atoms with Crippen LogP contribution in [0.25, 0.3) is 0 Å². The molecule has 0 aromatic rings. The third kappa shape index (κ3) is 4.43. The molecular weight excluding hydrogens is 172 g/mol. The van der Waals surface area contributed by atoms with Gasteiger partial charge in [-0.05, 0) is 47.2 Å². The molecule has 0 bridgehead atoms. The molecule has 0 spiro atoms. The predicted molar refractivity (Wildman–Crippen MR) is 64.7 cm³/mol. The number of nitrogens with zero attached hydrogens (tertiary/aromatic N) is 1. The van der Waals surface area contributed by atoms with Crippen LogP contribution in [0.3, 0.4) is 0 Å². The van der Waals surface area contributed by atoms with Crippen LogP contribution in [0.1, 0.15) is 47.5 Å². The molecule has 2 nitrogen and oxygen atoms in total. The molecule has 0 saturated carbocycles. The summed E-state index contributed by atoms with van der Waals surface area (Å²) >= 11 is 0. The molecule has 3 unspecified atom stereocenters. The van der Waals surface area contributed by atoms with E-state index in [1.54, 1.807) is 0 Å². The van der Waals surface area contributed by atoms with E-state index in [9.17, 15) is 0 Å². The van der Waals surface area contributed by atoms with E-state index in [1.165, 1.54) is 12.8 Å². The lowest BCUT2D eigenvalue weighted by atomic mass is 10.1. The molecule has 0 rings (SSSR count). The van der Waals surface area contributed by atoms with Crippen molar-refractivity contribution < 1.29 is 0 Å². The van der Waals surface area contributed by atoms with Gasteiger partial charge in [0.1, 0.15) is 0 Å². The summed E-state index contributed by atoms with van der Waals surface area (Å²) in [6.07, 6.45) is 2.44. The van der Waals surface area contributed by atoms with Crippen molar-refractivity contribution in [1.29, 1.82) is 0 Å². The highest BCUT2D eigenvalue weighted by molar-refractivity contribution is 4.78. The summed E-state index contributed by atoms with van der Waals surface area (Å²) in [5.41, 5.74) is 0. The average molecular weight is 200 g/mol. The number of nitrogens with one attached hydrogen (secondary N) is 1. The van der Waals surface area contributed by atoms with Crippen molar-refractivity contribution in [2.24, 2.45) is 0 Å². The third-order valence-electron chi connectivity index (χ3n) is 3.37. The van der Waals surface area contributed by atoms with E-state index >= 15 is 0 Å². The summed E-state index contributed by atoms with van der Waals surface area (Å²) in [5.74, 6) is 0. The van der Waals surface area contributed by atoms with Crippen molar-refractivity contribution in [1.82, 2.24) is 10.2 Å². The third-order valence-corrected chi connectivity index (χ3v) is 3.37. The van der Waals surface area contributed by atoms with E-state index < -0.39 is 0 Å². The minimum Gasteiger partial charge on any atom is -0.313 e. The fourth-order valence-corrected chi connectivity index (χ4v) is 1.58. The summed E-state index contributed by atoms with van der Waals surface area (Å²) in [5, 5.41) is 3.55. The minimum atomic E-state index is 0.578. The first-order chi connectivity index (χ1) is 6.54. The first-order valence-corrected chi connectivity index (χ1v) is 5.99. The van der Waals surface area contributed by atoms with Gasteiger partial charge in [-0.2, -0.15) is 0 Å². The van der Waals surface area contributed by atoms with E-state index in [1.807, 2.05) is 0 Å². The predicted octanol–water partition coefficient (Wildman–Crippen LogP) is 2.49. The fraction of sp³-hybridized carbons (Fsp3) is 1.00. The Bertz CT molecular complexity index is 136. The van der Waals surface area contributed by atoms with Crippen LogP contribution < -0.4 is 5.32 Å². The van der Waals surface area contributed by atoms with Crippen molar-refractivity contribution in [3.8, 4) is 0 Å². The molecule has 0 aromatic carbocycles. The molecule has 0 aliphatic carbocycles. The highest BCUT2D eigenvalue weighted by Crippen LogP contribution is 2.08. The zero-order chi connectivity index (χ0) is 11.1. The maximum Gasteiger partial charge on any atom is 0.0218 e. The largest absolute Gasteiger partial charge is 0.313 e. The minimum absolute atomic E-state index is 0.578. The smallest absolute Gasteiger partial charge is 0.0218 e. The Labute approximate surface area is 90.1 Å². The summed E-state index contributed by atoms with van der Waals surface area (Å²) in [7, 11) is 2.23. The van der Waals surface area contributed by atoms with Crippen LogP contribution in [0.15, 0.2) is 0 Å². The van der Waals surface area contributed by atoms with Gasteiger partial charge in [0.2, 0.25) is 0 Å². The normalized spacial score (nSPS) is 18.2. The van der Waals surface area contributed by atoms with E-state index in [0.29, 0.717) is 18.1 Å². The molecular formula is C12H28N2. The van der Waals surface area contributed by atoms with Gasteiger partial charge >= 0.3 is 0 Å². The highest BCUT2D eigenvalue weighted by atomic mass is 15.2. The van der Waals surface area contributed by atoms with Gasteiger partial charge in [-0.15, -0.1) is 0 Å². The van der Waals surface area contributed by atoms with Gasteiger partial charge in [0, 0.05) is 18.1 Å². The summed E-state index contributed by atoms with van der Waals surface area (Å²) in [6.45, 7) is 12.5. The molecule has 0 aromatic heterocycles. The lowest BCUT2D eigenvalue weighted by Crippen LogP contribution is -2.48. The molecule has 3 atom stereocenters. The van der Waals surface area contributed by atoms with Crippen molar-refractivity contribution in [3.63, 3.8) is 0 Å². The molecule has 0 fully saturated rings. The summed E-state index contributed by atoms with van der Waals surface area (Å²) in [6, 6.07) is 1.86. The van der Waals surface area contributed by atoms with Crippen molar-refractivity contribution in [2.75, 3.05) is 13.6 Å². The van der Waals surface area contributed by atoms with Crippen molar-refractivity contribution in [3.05, 3.63) is 0 Å². The molecule has 0 amide bonds. The van der Waals surface area contributed by atoms with E-state index in [-0.39, 0.29) is 0 Å². The van der Waals surface area contributed by atoms with Crippen molar-refractivity contribution in [2.45, 2.75) is 65.6 Å². The van der Waals surface area contributed by atoms with E-state index in [0.717, 1.165) is 6.54 Å². The number of hydrogen-bond acceptors (Lipinski definition) is 2. The van der Waals surface area contributed by atoms with Gasteiger partial charge in [-0.25, -0.2) is 0 Å². The first kappa shape index (κ1) is 13.9. The molecule has 86 valence electrons. The maximum atomic E-state index is 3.55. The van der Waals surface area contributed by atoms with Gasteiger partial charge in [-0.3, -0.25) is 4.90 Å². The van der Waals surface area contributed by atoms with Crippen LogP contribution in [0.5, 0.6) is 0 Å². The summed E-state index contributed by atoms with van der Waals surface area (Å²) < 4.78 is 0. The molecule has 2 heteroatoms. The van der Waals surface area contributed by atoms with E-state index in [4.69, 9.17) is 0 Å². The molecule has 0 aliphatic rings. The van der Waals surface area contributed by atoms with Gasteiger partial charge in [0.25, 0.3) is 0 Å². The number of rotatable bonds is 7. The van der Waals surface area contributed by atoms with Gasteiger partial charge in [0.05, 0.1) is 0 Å². The van der Waals surface area contributed by atoms with Crippen LogP contribution in [-0.2, 0) is 0 Å². The molecule has 14 heavy (non-hydrogen) atoms. The Hall–Kier alpha value is -0.0800. The SMILES string of the molecule is CCCNC(C)C(C)N(C)C(C)CC. The lowest BCUT2D eigenvalue weighted by molar-refractivity contribution is 0.161. The lowest BCUT2D eigenvalue weighted by Gasteiger charge is -2.34. The van der Waals surface area contributed by atoms with Crippen LogP contribution in [0, 0.1) is 0 Å². The second-order valence-corrected chi connectivity index (χ2v) is 4.41. The Morgan fingerprint density at radius 1 is 1.14 bits per heavy atom. The van der Waals surface area contributed by atoms with Crippen LogP contribution in [-0.4, -0.2) is 36.6 Å². The summed E-state index contributed by atoms with van der Waals surface area (Å²) in [4.78, 5) is 2.47. The maximum absolute atomic E-state index is 3.55. The monoisotopic (exact) mass is 200 g/mol. The second-order valence-electron chi connectivity index (χ2n) is 4.41. The van der Waals surface area contributed by atoms with Gasteiger partial charge in [-0.1, -0.05) is 13.8 Å². The molecule has 0 radical (unpaired) electrons. The van der Waals surface area contributed by atoms with E-state index in [2.05, 4.69) is 51.9 Å². The second kappa shape index (κ2) is 7.24. The zero-order valence-corrected chi connectivity index (χ0v) is 10.8. The topological polar surface area (TPSA) is 15.3 Å². The number of likely N-dealkylation sites (N-methyl/N-ethyl adjacent to an activating group) is 1. The Morgan fingerprint density at radius 3 is 2.14 bits per heavy atom. The van der Waals surface area contributed by atoms with Gasteiger partial charge < -0.3 is 5.32 Å². The quantitative estimate of drug-likeness (QED) is 0.679. The van der Waals surface area contributed by atoms with Crippen LogP contribution >= 0.6 is 0 Å². The zero-order valence-electron chi connectivity index (χ0n) is 10.8. The Balaban J connectivity index is 3.95. The first-order valence-electron chi connectivity index (χ1n) is 5.99. The molecule has 0 saturated heterocycles. The number of hydrogen-bond donors (Lipinski definition) is 1. The molecule has 0 aliphatic heterocycles. The Kier molecular flexibility index (Phi) is 7.20. The Morgan fingerprint density at radius 2 is 1.71 bits per heavy atom. The fourth-order valence-electron chi connectivity index (χ4n) is 1.58. The molecule has 1 N–H and O–H groups in total. The van der Waals surface area contributed by atoms with Gasteiger partial charge in [0.15, 0.2) is 0 Å². The molecule has 0 heterocycles. The van der Waals surface area contributed by atoms with Crippen LogP contribution in [0.4, 0.5) is 0 Å². The standard InChI is InChI=1S/C12H28N2/c1-7-9-13-11(4)12(5)14(6)10(3)8-2/h10-13H,7-9H2,1-6H3. The highest BCUT2D eigenvalue weighted by Gasteiger charge is 2.19. The average Bonchev–Trinajstić information content (AvgIpc) is 2.22.